The Kier molecular flexibility index (Phi) is 7.47. The van der Waals surface area contributed by atoms with Gasteiger partial charge in [0.25, 0.3) is 0 Å². The Hall–Kier alpha value is -2.42. The second-order valence-electron chi connectivity index (χ2n) is 7.42. The fraction of sp³-hybridized carbons (Fsp3) is 0.409. The highest BCUT2D eigenvalue weighted by Gasteiger charge is 2.27. The lowest BCUT2D eigenvalue weighted by atomic mass is 10.0. The molecule has 0 radical (unpaired) electrons. The molecule has 1 atom stereocenters. The van der Waals surface area contributed by atoms with Crippen LogP contribution >= 0.6 is 0 Å². The van der Waals surface area contributed by atoms with Crippen molar-refractivity contribution >= 4 is 15.9 Å². The fourth-order valence-electron chi connectivity index (χ4n) is 3.78. The van der Waals surface area contributed by atoms with Gasteiger partial charge in [0.2, 0.25) is 15.9 Å². The summed E-state index contributed by atoms with van der Waals surface area (Å²) in [5, 5.41) is 8.06. The van der Waals surface area contributed by atoms with Gasteiger partial charge in [-0.25, -0.2) is 13.6 Å². The van der Waals surface area contributed by atoms with Gasteiger partial charge in [-0.2, -0.15) is 0 Å². The number of carbonyl (C=O) groups excluding carboxylic acids is 1. The van der Waals surface area contributed by atoms with E-state index in [2.05, 4.69) is 22.3 Å². The first-order valence-corrected chi connectivity index (χ1v) is 11.8. The highest BCUT2D eigenvalue weighted by Crippen LogP contribution is 2.32. The zero-order valence-corrected chi connectivity index (χ0v) is 18.0. The van der Waals surface area contributed by atoms with Crippen LogP contribution in [0.5, 0.6) is 5.75 Å². The predicted molar refractivity (Wildman–Crippen MR) is 116 cm³/mol. The molecule has 0 spiro atoms. The number of ether oxygens (including phenoxy) is 1. The number of amides is 1. The number of nitrogens with two attached hydrogens (primary N) is 1. The van der Waals surface area contributed by atoms with Gasteiger partial charge in [0.1, 0.15) is 5.75 Å². The van der Waals surface area contributed by atoms with Crippen molar-refractivity contribution in [3.05, 3.63) is 59.7 Å². The molecule has 1 fully saturated rings. The lowest BCUT2D eigenvalue weighted by Gasteiger charge is -2.24. The second kappa shape index (κ2) is 10.1. The molecule has 1 unspecified atom stereocenters. The molecule has 2 aromatic carbocycles. The summed E-state index contributed by atoms with van der Waals surface area (Å²) in [4.78, 5) is 14.7. The minimum atomic E-state index is -3.68. The third-order valence-corrected chi connectivity index (χ3v) is 6.20. The molecule has 0 bridgehead atoms. The van der Waals surface area contributed by atoms with Gasteiger partial charge in [0.05, 0.1) is 18.0 Å². The topological polar surface area (TPSA) is 102 Å². The Balaban J connectivity index is 1.48. The number of primary sulfonamides is 1. The molecule has 0 saturated carbocycles. The number of carbonyl (C=O) groups is 1. The highest BCUT2D eigenvalue weighted by molar-refractivity contribution is 7.89. The molecule has 30 heavy (non-hydrogen) atoms. The van der Waals surface area contributed by atoms with Gasteiger partial charge >= 0.3 is 0 Å². The quantitative estimate of drug-likeness (QED) is 0.634. The van der Waals surface area contributed by atoms with E-state index in [0.717, 1.165) is 30.7 Å². The Bertz CT molecular complexity index is 943. The van der Waals surface area contributed by atoms with E-state index < -0.39 is 10.0 Å². The zero-order valence-electron chi connectivity index (χ0n) is 17.2. The van der Waals surface area contributed by atoms with E-state index in [1.165, 1.54) is 17.7 Å². The van der Waals surface area contributed by atoms with Crippen LogP contribution in [0.25, 0.3) is 0 Å². The van der Waals surface area contributed by atoms with E-state index in [9.17, 15) is 13.2 Å². The predicted octanol–water partition coefficient (Wildman–Crippen LogP) is 2.23. The Morgan fingerprint density at radius 2 is 1.87 bits per heavy atom. The molecule has 1 heterocycles. The van der Waals surface area contributed by atoms with Crippen molar-refractivity contribution in [2.75, 3.05) is 26.2 Å². The van der Waals surface area contributed by atoms with E-state index in [1.54, 1.807) is 12.1 Å². The molecule has 3 N–H and O–H groups in total. The van der Waals surface area contributed by atoms with Crippen molar-refractivity contribution in [3.8, 4) is 5.75 Å². The van der Waals surface area contributed by atoms with E-state index in [1.807, 2.05) is 19.1 Å². The maximum absolute atomic E-state index is 12.4. The van der Waals surface area contributed by atoms with E-state index >= 15 is 0 Å². The summed E-state index contributed by atoms with van der Waals surface area (Å²) in [6, 6.07) is 14.8. The third kappa shape index (κ3) is 6.04. The van der Waals surface area contributed by atoms with Crippen LogP contribution in [0.15, 0.2) is 53.4 Å². The van der Waals surface area contributed by atoms with Crippen LogP contribution < -0.4 is 15.2 Å². The van der Waals surface area contributed by atoms with Gasteiger partial charge in [0, 0.05) is 12.6 Å². The molecule has 0 aromatic heterocycles. The van der Waals surface area contributed by atoms with Crippen molar-refractivity contribution in [2.45, 2.75) is 37.1 Å². The minimum absolute atomic E-state index is 0.00556. The molecule has 8 heteroatoms. The van der Waals surface area contributed by atoms with E-state index in [0.29, 0.717) is 26.1 Å². The van der Waals surface area contributed by atoms with Crippen LogP contribution in [0.1, 0.15) is 36.9 Å². The summed E-state index contributed by atoms with van der Waals surface area (Å²) in [5.74, 6) is 0.856. The summed E-state index contributed by atoms with van der Waals surface area (Å²) < 4.78 is 28.1. The molecule has 3 rings (SSSR count). The Morgan fingerprint density at radius 1 is 1.17 bits per heavy atom. The zero-order chi connectivity index (χ0) is 21.6. The molecule has 1 saturated heterocycles. The number of hydrogen-bond donors (Lipinski definition) is 2. The molecular formula is C22H29N3O4S. The van der Waals surface area contributed by atoms with Crippen LogP contribution in [-0.4, -0.2) is 45.5 Å². The summed E-state index contributed by atoms with van der Waals surface area (Å²) >= 11 is 0. The van der Waals surface area contributed by atoms with Crippen LogP contribution in [0, 0.1) is 0 Å². The fourth-order valence-corrected chi connectivity index (χ4v) is 4.29. The average Bonchev–Trinajstić information content (AvgIpc) is 3.16. The number of rotatable bonds is 9. The Labute approximate surface area is 178 Å². The monoisotopic (exact) mass is 431 g/mol. The van der Waals surface area contributed by atoms with Gasteiger partial charge in [-0.15, -0.1) is 0 Å². The van der Waals surface area contributed by atoms with Crippen molar-refractivity contribution in [1.82, 2.24) is 10.2 Å². The van der Waals surface area contributed by atoms with Crippen LogP contribution in [-0.2, 0) is 21.2 Å². The maximum atomic E-state index is 12.4. The van der Waals surface area contributed by atoms with Crippen molar-refractivity contribution in [2.24, 2.45) is 5.14 Å². The number of sulfonamides is 1. The first kappa shape index (κ1) is 22.3. The van der Waals surface area contributed by atoms with Gasteiger partial charge in [-0.3, -0.25) is 9.69 Å². The molecule has 1 aliphatic rings. The Morgan fingerprint density at radius 3 is 2.50 bits per heavy atom. The molecular weight excluding hydrogens is 402 g/mol. The van der Waals surface area contributed by atoms with Crippen LogP contribution in [0.4, 0.5) is 0 Å². The number of benzene rings is 2. The van der Waals surface area contributed by atoms with Gasteiger partial charge in [0.15, 0.2) is 0 Å². The maximum Gasteiger partial charge on any atom is 0.238 e. The minimum Gasteiger partial charge on any atom is -0.494 e. The largest absolute Gasteiger partial charge is 0.494 e. The van der Waals surface area contributed by atoms with Crippen molar-refractivity contribution in [1.29, 1.82) is 0 Å². The van der Waals surface area contributed by atoms with Gasteiger partial charge < -0.3 is 10.1 Å². The summed E-state index contributed by atoms with van der Waals surface area (Å²) in [6.07, 6.45) is 2.73. The smallest absolute Gasteiger partial charge is 0.238 e. The molecule has 162 valence electrons. The highest BCUT2D eigenvalue weighted by atomic mass is 32.2. The third-order valence-electron chi connectivity index (χ3n) is 5.27. The summed E-state index contributed by atoms with van der Waals surface area (Å²) in [7, 11) is -3.68. The lowest BCUT2D eigenvalue weighted by molar-refractivity contribution is -0.122. The molecule has 0 aliphatic carbocycles. The normalized spacial score (nSPS) is 17.1. The van der Waals surface area contributed by atoms with E-state index in [4.69, 9.17) is 9.88 Å². The lowest BCUT2D eigenvalue weighted by Crippen LogP contribution is -2.37. The molecule has 7 nitrogen and oxygen atoms in total. The number of nitrogens with zero attached hydrogens (tertiary/aromatic N) is 1. The SMILES string of the molecule is CCOc1ccc(C2CCCN2CC(=O)NCCc2ccc(S(N)(=O)=O)cc2)cc1. The van der Waals surface area contributed by atoms with E-state index in [-0.39, 0.29) is 16.8 Å². The van der Waals surface area contributed by atoms with Crippen LogP contribution in [0.2, 0.25) is 0 Å². The molecule has 2 aromatic rings. The van der Waals surface area contributed by atoms with Crippen molar-refractivity contribution < 1.29 is 17.9 Å². The molecule has 1 aliphatic heterocycles. The van der Waals surface area contributed by atoms with Crippen LogP contribution in [0.3, 0.4) is 0 Å². The summed E-state index contributed by atoms with van der Waals surface area (Å²) in [5.41, 5.74) is 2.15. The first-order valence-electron chi connectivity index (χ1n) is 10.2. The molecule has 1 amide bonds. The first-order chi connectivity index (χ1) is 14.4. The number of likely N-dealkylation sites (tertiary alicyclic amines) is 1. The van der Waals surface area contributed by atoms with Crippen molar-refractivity contribution in [3.63, 3.8) is 0 Å². The van der Waals surface area contributed by atoms with Gasteiger partial charge in [-0.05, 0) is 68.1 Å². The standard InChI is InChI=1S/C22H29N3O4S/c1-2-29-19-9-7-18(8-10-19)21-4-3-15-25(21)16-22(26)24-14-13-17-5-11-20(12-6-17)30(23,27)28/h5-12,21H,2-4,13-16H2,1H3,(H,24,26)(H2,23,27,28). The summed E-state index contributed by atoms with van der Waals surface area (Å²) in [6.45, 7) is 4.37. The van der Waals surface area contributed by atoms with Gasteiger partial charge in [-0.1, -0.05) is 24.3 Å². The number of nitrogens with one attached hydrogen (secondary N) is 1. The second-order valence-corrected chi connectivity index (χ2v) is 8.98. The average molecular weight is 432 g/mol. The number of hydrogen-bond acceptors (Lipinski definition) is 5.